The van der Waals surface area contributed by atoms with Crippen LogP contribution < -0.4 is 10.6 Å². The standard InChI is InChI=1S/C17H23N5O2/c23-17(19-13-4-5-14-12(8-13)9-18-21-14)20-15-10-24-11-16(15)22-6-2-1-3-7-22/h4-5,8-9,15-16H,1-3,6-7,10-11H2,(H,18,21)(H2,19,20,23)/t15-,16-/m0/s1. The van der Waals surface area contributed by atoms with Crippen molar-refractivity contribution in [2.24, 2.45) is 0 Å². The van der Waals surface area contributed by atoms with E-state index < -0.39 is 0 Å². The lowest BCUT2D eigenvalue weighted by Gasteiger charge is -2.34. The highest BCUT2D eigenvalue weighted by molar-refractivity contribution is 5.92. The first-order chi connectivity index (χ1) is 11.8. The van der Waals surface area contributed by atoms with Gasteiger partial charge in [0.15, 0.2) is 0 Å². The number of hydrogen-bond acceptors (Lipinski definition) is 4. The number of amides is 2. The molecule has 24 heavy (non-hydrogen) atoms. The minimum absolute atomic E-state index is 0.0424. The summed E-state index contributed by atoms with van der Waals surface area (Å²) >= 11 is 0. The Balaban J connectivity index is 1.37. The molecule has 2 saturated heterocycles. The van der Waals surface area contributed by atoms with Crippen molar-refractivity contribution in [3.8, 4) is 0 Å². The number of rotatable bonds is 3. The number of likely N-dealkylation sites (tertiary alicyclic amines) is 1. The maximum atomic E-state index is 12.4. The summed E-state index contributed by atoms with van der Waals surface area (Å²) in [6.45, 7) is 3.48. The zero-order valence-electron chi connectivity index (χ0n) is 13.6. The van der Waals surface area contributed by atoms with E-state index in [1.54, 1.807) is 6.20 Å². The zero-order chi connectivity index (χ0) is 16.4. The first kappa shape index (κ1) is 15.4. The number of carbonyl (C=O) groups is 1. The van der Waals surface area contributed by atoms with Crippen molar-refractivity contribution < 1.29 is 9.53 Å². The van der Waals surface area contributed by atoms with E-state index in [1.807, 2.05) is 18.2 Å². The molecule has 2 atom stereocenters. The first-order valence-electron chi connectivity index (χ1n) is 8.62. The maximum Gasteiger partial charge on any atom is 0.319 e. The van der Waals surface area contributed by atoms with Crippen molar-refractivity contribution in [3.05, 3.63) is 24.4 Å². The fourth-order valence-corrected chi connectivity index (χ4v) is 3.65. The largest absolute Gasteiger partial charge is 0.378 e. The van der Waals surface area contributed by atoms with Crippen LogP contribution in [0.15, 0.2) is 24.4 Å². The number of anilines is 1. The van der Waals surface area contributed by atoms with Crippen molar-refractivity contribution in [3.63, 3.8) is 0 Å². The monoisotopic (exact) mass is 329 g/mol. The Morgan fingerprint density at radius 3 is 3.00 bits per heavy atom. The molecule has 0 spiro atoms. The van der Waals surface area contributed by atoms with Gasteiger partial charge in [-0.1, -0.05) is 6.42 Å². The minimum atomic E-state index is -0.185. The number of hydrogen-bond donors (Lipinski definition) is 3. The van der Waals surface area contributed by atoms with Gasteiger partial charge in [-0.3, -0.25) is 10.00 Å². The van der Waals surface area contributed by atoms with Gasteiger partial charge in [0.1, 0.15) is 0 Å². The number of H-pyrrole nitrogens is 1. The highest BCUT2D eigenvalue weighted by Gasteiger charge is 2.34. The van der Waals surface area contributed by atoms with Gasteiger partial charge in [-0.15, -0.1) is 0 Å². The van der Waals surface area contributed by atoms with Crippen LogP contribution in [0.4, 0.5) is 10.5 Å². The molecule has 3 N–H and O–H groups in total. The lowest BCUT2D eigenvalue weighted by atomic mass is 10.1. The quantitative estimate of drug-likeness (QED) is 0.804. The van der Waals surface area contributed by atoms with Crippen LogP contribution in [0, 0.1) is 0 Å². The van der Waals surface area contributed by atoms with E-state index in [9.17, 15) is 4.79 Å². The molecule has 4 rings (SSSR count). The Hall–Kier alpha value is -2.12. The summed E-state index contributed by atoms with van der Waals surface area (Å²) in [5.41, 5.74) is 1.71. The van der Waals surface area contributed by atoms with Gasteiger partial charge in [-0.05, 0) is 44.1 Å². The van der Waals surface area contributed by atoms with E-state index in [1.165, 1.54) is 19.3 Å². The molecule has 0 saturated carbocycles. The van der Waals surface area contributed by atoms with Crippen molar-refractivity contribution in [1.29, 1.82) is 0 Å². The Morgan fingerprint density at radius 1 is 1.25 bits per heavy atom. The molecule has 1 aromatic heterocycles. The van der Waals surface area contributed by atoms with Crippen molar-refractivity contribution in [2.45, 2.75) is 31.3 Å². The van der Waals surface area contributed by atoms with Gasteiger partial charge >= 0.3 is 6.03 Å². The zero-order valence-corrected chi connectivity index (χ0v) is 13.6. The van der Waals surface area contributed by atoms with Gasteiger partial charge in [0.25, 0.3) is 0 Å². The number of urea groups is 1. The fourth-order valence-electron chi connectivity index (χ4n) is 3.65. The van der Waals surface area contributed by atoms with E-state index >= 15 is 0 Å². The molecule has 0 unspecified atom stereocenters. The Morgan fingerprint density at radius 2 is 2.12 bits per heavy atom. The second kappa shape index (κ2) is 6.78. The molecular formula is C17H23N5O2. The van der Waals surface area contributed by atoms with E-state index in [2.05, 4.69) is 25.7 Å². The summed E-state index contributed by atoms with van der Waals surface area (Å²) in [6.07, 6.45) is 5.52. The Kier molecular flexibility index (Phi) is 4.36. The smallest absolute Gasteiger partial charge is 0.319 e. The van der Waals surface area contributed by atoms with Crippen LogP contribution in [0.3, 0.4) is 0 Å². The summed E-state index contributed by atoms with van der Waals surface area (Å²) < 4.78 is 5.62. The molecule has 2 aromatic rings. The van der Waals surface area contributed by atoms with Gasteiger partial charge in [0.2, 0.25) is 0 Å². The molecule has 1 aromatic carbocycles. The molecule has 2 aliphatic heterocycles. The van der Waals surface area contributed by atoms with E-state index in [4.69, 9.17) is 4.74 Å². The number of nitrogens with zero attached hydrogens (tertiary/aromatic N) is 2. The van der Waals surface area contributed by atoms with Crippen LogP contribution in [0.1, 0.15) is 19.3 Å². The molecule has 0 radical (unpaired) electrons. The molecule has 128 valence electrons. The third kappa shape index (κ3) is 3.22. The molecule has 0 bridgehead atoms. The molecular weight excluding hydrogens is 306 g/mol. The second-order valence-corrected chi connectivity index (χ2v) is 6.58. The fraction of sp³-hybridized carbons (Fsp3) is 0.529. The topological polar surface area (TPSA) is 82.3 Å². The molecule has 2 fully saturated rings. The van der Waals surface area contributed by atoms with Crippen LogP contribution in [0.25, 0.3) is 10.9 Å². The van der Waals surface area contributed by atoms with E-state index in [0.717, 1.165) is 29.7 Å². The van der Waals surface area contributed by atoms with Gasteiger partial charge in [0, 0.05) is 11.1 Å². The Bertz CT molecular complexity index is 710. The number of benzene rings is 1. The normalized spacial score (nSPS) is 25.0. The predicted molar refractivity (Wildman–Crippen MR) is 92.1 cm³/mol. The van der Waals surface area contributed by atoms with Crippen molar-refractivity contribution in [1.82, 2.24) is 20.4 Å². The molecule has 0 aliphatic carbocycles. The second-order valence-electron chi connectivity index (χ2n) is 6.58. The highest BCUT2D eigenvalue weighted by atomic mass is 16.5. The van der Waals surface area contributed by atoms with Gasteiger partial charge in [-0.25, -0.2) is 4.79 Å². The maximum absolute atomic E-state index is 12.4. The SMILES string of the molecule is O=C(Nc1ccc2[nH]ncc2c1)N[C@H]1COC[C@@H]1N1CCCCC1. The summed E-state index contributed by atoms with van der Waals surface area (Å²) in [7, 11) is 0. The van der Waals surface area contributed by atoms with E-state index in [-0.39, 0.29) is 18.1 Å². The minimum Gasteiger partial charge on any atom is -0.378 e. The van der Waals surface area contributed by atoms with Crippen molar-refractivity contribution >= 4 is 22.6 Å². The highest BCUT2D eigenvalue weighted by Crippen LogP contribution is 2.20. The number of fused-ring (bicyclic) bond motifs is 1. The third-order valence-corrected chi connectivity index (χ3v) is 4.92. The van der Waals surface area contributed by atoms with E-state index in [0.29, 0.717) is 13.2 Å². The van der Waals surface area contributed by atoms with Crippen LogP contribution in [0.2, 0.25) is 0 Å². The Labute approximate surface area is 140 Å². The predicted octanol–water partition coefficient (Wildman–Crippen LogP) is 1.94. The number of aromatic amines is 1. The molecule has 2 amide bonds. The molecule has 2 aliphatic rings. The summed E-state index contributed by atoms with van der Waals surface area (Å²) in [5.74, 6) is 0. The van der Waals surface area contributed by atoms with Crippen LogP contribution in [-0.4, -0.2) is 59.5 Å². The molecule has 7 heteroatoms. The lowest BCUT2D eigenvalue weighted by molar-refractivity contribution is 0.125. The van der Waals surface area contributed by atoms with Crippen LogP contribution in [-0.2, 0) is 4.74 Å². The summed E-state index contributed by atoms with van der Waals surface area (Å²) in [4.78, 5) is 14.8. The van der Waals surface area contributed by atoms with Gasteiger partial charge in [-0.2, -0.15) is 5.10 Å². The van der Waals surface area contributed by atoms with Crippen LogP contribution in [0.5, 0.6) is 0 Å². The average Bonchev–Trinajstić information content (AvgIpc) is 3.24. The van der Waals surface area contributed by atoms with Crippen molar-refractivity contribution in [2.75, 3.05) is 31.6 Å². The number of ether oxygens (including phenoxy) is 1. The first-order valence-corrected chi connectivity index (χ1v) is 8.62. The average molecular weight is 329 g/mol. The number of carbonyl (C=O) groups excluding carboxylic acids is 1. The van der Waals surface area contributed by atoms with Gasteiger partial charge < -0.3 is 15.4 Å². The molecule has 7 nitrogen and oxygen atoms in total. The summed E-state index contributed by atoms with van der Waals surface area (Å²) in [6, 6.07) is 5.83. The lowest BCUT2D eigenvalue weighted by Crippen LogP contribution is -2.53. The summed E-state index contributed by atoms with van der Waals surface area (Å²) in [5, 5.41) is 13.9. The number of aromatic nitrogens is 2. The van der Waals surface area contributed by atoms with Crippen LogP contribution >= 0.6 is 0 Å². The van der Waals surface area contributed by atoms with Gasteiger partial charge in [0.05, 0.1) is 37.0 Å². The molecule has 3 heterocycles. The third-order valence-electron chi connectivity index (χ3n) is 4.92. The number of piperidine rings is 1. The number of nitrogens with one attached hydrogen (secondary N) is 3.